The van der Waals surface area contributed by atoms with Gasteiger partial charge in [-0.2, -0.15) is 0 Å². The van der Waals surface area contributed by atoms with Crippen molar-refractivity contribution in [3.63, 3.8) is 0 Å². The Labute approximate surface area is 149 Å². The van der Waals surface area contributed by atoms with Gasteiger partial charge >= 0.3 is 5.97 Å². The Balaban J connectivity index is 1.86. The van der Waals surface area contributed by atoms with E-state index in [1.165, 1.54) is 22.2 Å². The van der Waals surface area contributed by atoms with Crippen LogP contribution in [-0.2, 0) is 4.79 Å². The van der Waals surface area contributed by atoms with E-state index in [0.29, 0.717) is 6.04 Å². The summed E-state index contributed by atoms with van der Waals surface area (Å²) in [6.45, 7) is 6.30. The molecule has 1 saturated heterocycles. The highest BCUT2D eigenvalue weighted by Gasteiger charge is 2.23. The Morgan fingerprint density at radius 2 is 2.08 bits per heavy atom. The van der Waals surface area contributed by atoms with Crippen molar-refractivity contribution < 1.29 is 9.90 Å². The van der Waals surface area contributed by atoms with Gasteiger partial charge in [-0.3, -0.25) is 14.7 Å². The van der Waals surface area contributed by atoms with Crippen LogP contribution in [0.2, 0.25) is 0 Å². The summed E-state index contributed by atoms with van der Waals surface area (Å²) >= 11 is 0. The second-order valence-corrected chi connectivity index (χ2v) is 7.14. The number of carboxylic acid groups (broad SMARTS) is 1. The predicted molar refractivity (Wildman–Crippen MR) is 101 cm³/mol. The van der Waals surface area contributed by atoms with E-state index in [4.69, 9.17) is 5.11 Å². The zero-order valence-electron chi connectivity index (χ0n) is 15.3. The molecule has 1 aliphatic rings. The van der Waals surface area contributed by atoms with E-state index in [0.717, 1.165) is 37.9 Å². The van der Waals surface area contributed by atoms with Crippen LogP contribution in [0.15, 0.2) is 24.4 Å². The van der Waals surface area contributed by atoms with E-state index >= 15 is 0 Å². The van der Waals surface area contributed by atoms with Crippen LogP contribution in [0.25, 0.3) is 10.9 Å². The second kappa shape index (κ2) is 7.40. The largest absolute Gasteiger partial charge is 0.480 e. The third-order valence-electron chi connectivity index (χ3n) is 5.28. The number of carbonyl (C=O) groups is 1. The minimum Gasteiger partial charge on any atom is -0.480 e. The first kappa shape index (κ1) is 17.7. The fourth-order valence-corrected chi connectivity index (χ4v) is 3.96. The Kier molecular flexibility index (Phi) is 5.23. The highest BCUT2D eigenvalue weighted by molar-refractivity contribution is 5.94. The van der Waals surface area contributed by atoms with Crippen LogP contribution in [0.5, 0.6) is 0 Å². The fourth-order valence-electron chi connectivity index (χ4n) is 3.96. The fraction of sp³-hybridized carbons (Fsp3) is 0.500. The Morgan fingerprint density at radius 3 is 2.84 bits per heavy atom. The summed E-state index contributed by atoms with van der Waals surface area (Å²) in [7, 11) is 1.92. The molecule has 3 rings (SSSR count). The summed E-state index contributed by atoms with van der Waals surface area (Å²) in [5, 5.41) is 10.3. The van der Waals surface area contributed by atoms with Gasteiger partial charge in [0.1, 0.15) is 0 Å². The first-order valence-electron chi connectivity index (χ1n) is 8.99. The van der Waals surface area contributed by atoms with Gasteiger partial charge in [0, 0.05) is 30.7 Å². The zero-order chi connectivity index (χ0) is 18.0. The van der Waals surface area contributed by atoms with Gasteiger partial charge < -0.3 is 10.0 Å². The third kappa shape index (κ3) is 3.76. The van der Waals surface area contributed by atoms with Crippen LogP contribution in [-0.4, -0.2) is 53.7 Å². The lowest BCUT2D eigenvalue weighted by atomic mass is 10.1. The van der Waals surface area contributed by atoms with E-state index in [-0.39, 0.29) is 6.54 Å². The first-order chi connectivity index (χ1) is 12.0. The minimum atomic E-state index is -0.755. The van der Waals surface area contributed by atoms with Crippen molar-refractivity contribution in [3.05, 3.63) is 35.5 Å². The molecule has 25 heavy (non-hydrogen) atoms. The first-order valence-corrected chi connectivity index (χ1v) is 8.99. The maximum absolute atomic E-state index is 11.0. The summed E-state index contributed by atoms with van der Waals surface area (Å²) in [4.78, 5) is 20.1. The Bertz CT molecular complexity index is 775. The number of aliphatic carboxylic acids is 1. The molecule has 1 aromatic carbocycles. The van der Waals surface area contributed by atoms with Crippen molar-refractivity contribution in [2.24, 2.45) is 0 Å². The number of carboxylic acids is 1. The summed E-state index contributed by atoms with van der Waals surface area (Å²) in [5.74, 6) is -0.755. The quantitative estimate of drug-likeness (QED) is 0.925. The molecular formula is C20H27N3O2. The molecule has 5 heteroatoms. The predicted octanol–water partition coefficient (Wildman–Crippen LogP) is 3.23. The van der Waals surface area contributed by atoms with Gasteiger partial charge in [-0.1, -0.05) is 18.2 Å². The van der Waals surface area contributed by atoms with Gasteiger partial charge in [-0.15, -0.1) is 0 Å². The number of pyridine rings is 1. The van der Waals surface area contributed by atoms with Gasteiger partial charge in [-0.25, -0.2) is 0 Å². The molecule has 134 valence electrons. The molecule has 0 spiro atoms. The van der Waals surface area contributed by atoms with Crippen molar-refractivity contribution in [3.8, 4) is 0 Å². The van der Waals surface area contributed by atoms with E-state index in [1.54, 1.807) is 0 Å². The number of hydrogen-bond donors (Lipinski definition) is 1. The average Bonchev–Trinajstić information content (AvgIpc) is 2.80. The van der Waals surface area contributed by atoms with Gasteiger partial charge in [0.05, 0.1) is 17.7 Å². The molecule has 1 aromatic heterocycles. The Hall–Kier alpha value is -2.14. The SMILES string of the molecule is Cc1cnc2c(C)cccc2c1N1CCCC(N(C)CC(=O)O)CC1. The molecule has 0 radical (unpaired) electrons. The number of aromatic nitrogens is 1. The van der Waals surface area contributed by atoms with Crippen LogP contribution >= 0.6 is 0 Å². The number of anilines is 1. The van der Waals surface area contributed by atoms with Crippen LogP contribution in [0.1, 0.15) is 30.4 Å². The Morgan fingerprint density at radius 1 is 1.28 bits per heavy atom. The molecule has 2 aromatic rings. The number of aryl methyl sites for hydroxylation is 2. The molecule has 0 bridgehead atoms. The van der Waals surface area contributed by atoms with Crippen molar-refractivity contribution >= 4 is 22.6 Å². The summed E-state index contributed by atoms with van der Waals surface area (Å²) in [5.41, 5.74) is 4.77. The van der Waals surface area contributed by atoms with E-state index < -0.39 is 5.97 Å². The lowest BCUT2D eigenvalue weighted by molar-refractivity contribution is -0.138. The third-order valence-corrected chi connectivity index (χ3v) is 5.28. The van der Waals surface area contributed by atoms with Crippen LogP contribution in [0.4, 0.5) is 5.69 Å². The molecule has 1 unspecified atom stereocenters. The number of nitrogens with zero attached hydrogens (tertiary/aromatic N) is 3. The molecular weight excluding hydrogens is 314 g/mol. The van der Waals surface area contributed by atoms with Crippen molar-refractivity contribution in [2.45, 2.75) is 39.2 Å². The van der Waals surface area contributed by atoms with Gasteiger partial charge in [-0.05, 0) is 51.3 Å². The van der Waals surface area contributed by atoms with Crippen molar-refractivity contribution in [2.75, 3.05) is 31.6 Å². The number of para-hydroxylation sites is 1. The van der Waals surface area contributed by atoms with Crippen molar-refractivity contribution in [1.82, 2.24) is 9.88 Å². The summed E-state index contributed by atoms with van der Waals surface area (Å²) in [6.07, 6.45) is 5.08. The van der Waals surface area contributed by atoms with Gasteiger partial charge in [0.25, 0.3) is 0 Å². The number of hydrogen-bond acceptors (Lipinski definition) is 4. The molecule has 1 fully saturated rings. The molecule has 5 nitrogen and oxygen atoms in total. The zero-order valence-corrected chi connectivity index (χ0v) is 15.3. The molecule has 0 aliphatic carbocycles. The topological polar surface area (TPSA) is 56.7 Å². The van der Waals surface area contributed by atoms with Gasteiger partial charge in [0.2, 0.25) is 0 Å². The summed E-state index contributed by atoms with van der Waals surface area (Å²) < 4.78 is 0. The molecule has 1 atom stereocenters. The normalized spacial score (nSPS) is 18.6. The lowest BCUT2D eigenvalue weighted by Gasteiger charge is -2.28. The average molecular weight is 341 g/mol. The maximum atomic E-state index is 11.0. The number of likely N-dealkylation sites (N-methyl/N-ethyl adjacent to an activating group) is 1. The van der Waals surface area contributed by atoms with Gasteiger partial charge in [0.15, 0.2) is 0 Å². The number of fused-ring (bicyclic) bond motifs is 1. The standard InChI is InChI=1S/C20H27N3O2/c1-14-6-4-8-17-19(14)21-12-15(2)20(17)23-10-5-7-16(9-11-23)22(3)13-18(24)25/h4,6,8,12,16H,5,7,9-11,13H2,1-3H3,(H,24,25). The number of rotatable bonds is 4. The lowest BCUT2D eigenvalue weighted by Crippen LogP contribution is -2.36. The maximum Gasteiger partial charge on any atom is 0.317 e. The molecule has 0 saturated carbocycles. The molecule has 1 N–H and O–H groups in total. The molecule has 2 heterocycles. The summed E-state index contributed by atoms with van der Waals surface area (Å²) in [6, 6.07) is 6.70. The van der Waals surface area contributed by atoms with Crippen LogP contribution in [0.3, 0.4) is 0 Å². The highest BCUT2D eigenvalue weighted by Crippen LogP contribution is 2.32. The van der Waals surface area contributed by atoms with E-state index in [1.807, 2.05) is 18.1 Å². The monoisotopic (exact) mass is 341 g/mol. The smallest absolute Gasteiger partial charge is 0.317 e. The molecule has 0 amide bonds. The van der Waals surface area contributed by atoms with E-state index in [2.05, 4.69) is 41.9 Å². The van der Waals surface area contributed by atoms with E-state index in [9.17, 15) is 4.79 Å². The van der Waals surface area contributed by atoms with Crippen LogP contribution in [0, 0.1) is 13.8 Å². The van der Waals surface area contributed by atoms with Crippen molar-refractivity contribution in [1.29, 1.82) is 0 Å². The minimum absolute atomic E-state index is 0.112. The van der Waals surface area contributed by atoms with Crippen LogP contribution < -0.4 is 4.90 Å². The highest BCUT2D eigenvalue weighted by atomic mass is 16.4. The molecule has 1 aliphatic heterocycles. The number of benzene rings is 1. The second-order valence-electron chi connectivity index (χ2n) is 7.14.